The van der Waals surface area contributed by atoms with Crippen LogP contribution in [-0.4, -0.2) is 23.2 Å². The number of rotatable bonds is 2. The molecule has 19 heavy (non-hydrogen) atoms. The summed E-state index contributed by atoms with van der Waals surface area (Å²) in [5, 5.41) is 9.20. The maximum Gasteiger partial charge on any atom is 0.306 e. The normalized spacial score (nSPS) is 22.3. The van der Waals surface area contributed by atoms with Crippen molar-refractivity contribution < 1.29 is 9.90 Å². The standard InChI is InChI=1S/C16H23NO2/c1-11-7-12(2)9-14(8-11)17-6-5-13(15(18)19)10-16(17,3)4/h7-9,13H,5-6,10H2,1-4H3,(H,18,19). The third kappa shape index (κ3) is 2.91. The molecule has 0 spiro atoms. The van der Waals surface area contributed by atoms with E-state index in [1.54, 1.807) is 0 Å². The van der Waals surface area contributed by atoms with Crippen molar-refractivity contribution in [1.29, 1.82) is 0 Å². The van der Waals surface area contributed by atoms with Crippen molar-refractivity contribution in [2.75, 3.05) is 11.4 Å². The molecule has 3 heteroatoms. The first-order valence-electron chi connectivity index (χ1n) is 6.88. The van der Waals surface area contributed by atoms with Gasteiger partial charge in [0.25, 0.3) is 0 Å². The third-order valence-corrected chi connectivity index (χ3v) is 4.05. The molecule has 1 N–H and O–H groups in total. The van der Waals surface area contributed by atoms with Crippen LogP contribution in [0, 0.1) is 19.8 Å². The predicted octanol–water partition coefficient (Wildman–Crippen LogP) is 3.38. The Labute approximate surface area is 115 Å². The molecule has 0 saturated carbocycles. The van der Waals surface area contributed by atoms with E-state index in [0.29, 0.717) is 6.42 Å². The zero-order valence-corrected chi connectivity index (χ0v) is 12.2. The van der Waals surface area contributed by atoms with Crippen molar-refractivity contribution in [3.8, 4) is 0 Å². The molecule has 0 aliphatic carbocycles. The summed E-state index contributed by atoms with van der Waals surface area (Å²) in [5.74, 6) is -0.870. The highest BCUT2D eigenvalue weighted by Gasteiger charge is 2.37. The molecule has 1 aromatic rings. The molecule has 1 aromatic carbocycles. The summed E-state index contributed by atoms with van der Waals surface area (Å²) in [6.45, 7) is 9.30. The minimum atomic E-state index is -0.659. The Bertz CT molecular complexity index is 473. The first-order valence-corrected chi connectivity index (χ1v) is 6.88. The van der Waals surface area contributed by atoms with Crippen LogP contribution < -0.4 is 4.90 Å². The molecular formula is C16H23NO2. The highest BCUT2D eigenvalue weighted by molar-refractivity contribution is 5.71. The SMILES string of the molecule is Cc1cc(C)cc(N2CCC(C(=O)O)CC2(C)C)c1. The Morgan fingerprint density at radius 2 is 1.84 bits per heavy atom. The monoisotopic (exact) mass is 261 g/mol. The Kier molecular flexibility index (Phi) is 3.57. The van der Waals surface area contributed by atoms with E-state index in [1.165, 1.54) is 16.8 Å². The van der Waals surface area contributed by atoms with Crippen molar-refractivity contribution in [2.24, 2.45) is 5.92 Å². The molecule has 1 aliphatic heterocycles. The zero-order chi connectivity index (χ0) is 14.2. The zero-order valence-electron chi connectivity index (χ0n) is 12.2. The number of benzene rings is 1. The van der Waals surface area contributed by atoms with Crippen LogP contribution in [0.15, 0.2) is 18.2 Å². The van der Waals surface area contributed by atoms with Gasteiger partial charge in [0.05, 0.1) is 5.92 Å². The Hall–Kier alpha value is -1.51. The minimum Gasteiger partial charge on any atom is -0.481 e. The number of hydrogen-bond acceptors (Lipinski definition) is 2. The van der Waals surface area contributed by atoms with Crippen LogP contribution in [0.4, 0.5) is 5.69 Å². The van der Waals surface area contributed by atoms with Gasteiger partial charge in [-0.25, -0.2) is 0 Å². The van der Waals surface area contributed by atoms with Gasteiger partial charge in [-0.1, -0.05) is 6.07 Å². The molecule has 1 atom stereocenters. The van der Waals surface area contributed by atoms with Gasteiger partial charge >= 0.3 is 5.97 Å². The van der Waals surface area contributed by atoms with E-state index in [2.05, 4.69) is 50.8 Å². The van der Waals surface area contributed by atoms with Crippen LogP contribution in [0.2, 0.25) is 0 Å². The van der Waals surface area contributed by atoms with Crippen molar-refractivity contribution >= 4 is 11.7 Å². The highest BCUT2D eigenvalue weighted by Crippen LogP contribution is 2.36. The van der Waals surface area contributed by atoms with E-state index in [4.69, 9.17) is 0 Å². The van der Waals surface area contributed by atoms with E-state index < -0.39 is 5.97 Å². The van der Waals surface area contributed by atoms with Gasteiger partial charge in [-0.05, 0) is 63.8 Å². The van der Waals surface area contributed by atoms with Gasteiger partial charge in [0.15, 0.2) is 0 Å². The second-order valence-corrected chi connectivity index (χ2v) is 6.34. The van der Waals surface area contributed by atoms with Crippen LogP contribution in [0.25, 0.3) is 0 Å². The van der Waals surface area contributed by atoms with Gasteiger partial charge in [0.1, 0.15) is 0 Å². The van der Waals surface area contributed by atoms with E-state index in [1.807, 2.05) is 0 Å². The maximum atomic E-state index is 11.2. The number of carboxylic acid groups (broad SMARTS) is 1. The lowest BCUT2D eigenvalue weighted by Gasteiger charge is -2.46. The Morgan fingerprint density at radius 1 is 1.26 bits per heavy atom. The summed E-state index contributed by atoms with van der Waals surface area (Å²) >= 11 is 0. The number of piperidine rings is 1. The Morgan fingerprint density at radius 3 is 2.32 bits per heavy atom. The quantitative estimate of drug-likeness (QED) is 0.887. The van der Waals surface area contributed by atoms with Gasteiger partial charge < -0.3 is 10.0 Å². The molecule has 3 nitrogen and oxygen atoms in total. The highest BCUT2D eigenvalue weighted by atomic mass is 16.4. The summed E-state index contributed by atoms with van der Waals surface area (Å²) in [6.07, 6.45) is 1.43. The van der Waals surface area contributed by atoms with E-state index in [-0.39, 0.29) is 11.5 Å². The smallest absolute Gasteiger partial charge is 0.306 e. The summed E-state index contributed by atoms with van der Waals surface area (Å²) in [7, 11) is 0. The Balaban J connectivity index is 2.28. The molecule has 104 valence electrons. The fraction of sp³-hybridized carbons (Fsp3) is 0.562. The molecule has 1 saturated heterocycles. The van der Waals surface area contributed by atoms with Crippen molar-refractivity contribution in [1.82, 2.24) is 0 Å². The minimum absolute atomic E-state index is 0.110. The molecule has 2 rings (SSSR count). The first kappa shape index (κ1) is 13.9. The summed E-state index contributed by atoms with van der Waals surface area (Å²) in [6, 6.07) is 6.55. The number of hydrogen-bond donors (Lipinski definition) is 1. The van der Waals surface area contributed by atoms with Gasteiger partial charge in [-0.2, -0.15) is 0 Å². The fourth-order valence-corrected chi connectivity index (χ4v) is 3.20. The van der Waals surface area contributed by atoms with Gasteiger partial charge in [-0.3, -0.25) is 4.79 Å². The van der Waals surface area contributed by atoms with Crippen molar-refractivity contribution in [2.45, 2.75) is 46.1 Å². The van der Waals surface area contributed by atoms with E-state index in [9.17, 15) is 9.90 Å². The van der Waals surface area contributed by atoms with Crippen molar-refractivity contribution in [3.05, 3.63) is 29.3 Å². The number of nitrogens with zero attached hydrogens (tertiary/aromatic N) is 1. The van der Waals surface area contributed by atoms with E-state index >= 15 is 0 Å². The van der Waals surface area contributed by atoms with Crippen LogP contribution >= 0.6 is 0 Å². The van der Waals surface area contributed by atoms with Gasteiger partial charge in [-0.15, -0.1) is 0 Å². The average molecular weight is 261 g/mol. The second kappa shape index (κ2) is 4.87. The molecular weight excluding hydrogens is 238 g/mol. The first-order chi connectivity index (χ1) is 8.79. The van der Waals surface area contributed by atoms with Crippen LogP contribution in [0.3, 0.4) is 0 Å². The third-order valence-electron chi connectivity index (χ3n) is 4.05. The van der Waals surface area contributed by atoms with E-state index in [0.717, 1.165) is 13.0 Å². The number of carbonyl (C=O) groups is 1. The number of carboxylic acids is 1. The lowest BCUT2D eigenvalue weighted by atomic mass is 9.82. The summed E-state index contributed by atoms with van der Waals surface area (Å²) in [4.78, 5) is 13.5. The number of aliphatic carboxylic acids is 1. The molecule has 0 amide bonds. The molecule has 1 unspecified atom stereocenters. The molecule has 1 heterocycles. The lowest BCUT2D eigenvalue weighted by molar-refractivity contribution is -0.143. The molecule has 1 aliphatic rings. The van der Waals surface area contributed by atoms with Crippen LogP contribution in [0.5, 0.6) is 0 Å². The largest absolute Gasteiger partial charge is 0.481 e. The maximum absolute atomic E-state index is 11.2. The predicted molar refractivity (Wildman–Crippen MR) is 77.7 cm³/mol. The summed E-state index contributed by atoms with van der Waals surface area (Å²) in [5.41, 5.74) is 3.62. The lowest BCUT2D eigenvalue weighted by Crippen LogP contribution is -2.51. The fourth-order valence-electron chi connectivity index (χ4n) is 3.20. The number of aryl methyl sites for hydroxylation is 2. The molecule has 1 fully saturated rings. The van der Waals surface area contributed by atoms with Gasteiger partial charge in [0, 0.05) is 17.8 Å². The van der Waals surface area contributed by atoms with Crippen LogP contribution in [0.1, 0.15) is 37.8 Å². The van der Waals surface area contributed by atoms with Gasteiger partial charge in [0.2, 0.25) is 0 Å². The van der Waals surface area contributed by atoms with Crippen LogP contribution in [-0.2, 0) is 4.79 Å². The second-order valence-electron chi connectivity index (χ2n) is 6.34. The topological polar surface area (TPSA) is 40.5 Å². The molecule has 0 radical (unpaired) electrons. The number of anilines is 1. The summed E-state index contributed by atoms with van der Waals surface area (Å²) < 4.78 is 0. The molecule has 0 bridgehead atoms. The van der Waals surface area contributed by atoms with Crippen molar-refractivity contribution in [3.63, 3.8) is 0 Å². The average Bonchev–Trinajstić information content (AvgIpc) is 2.25. The molecule has 0 aromatic heterocycles.